The highest BCUT2D eigenvalue weighted by Gasteiger charge is 2.39. The molecular weight excluding hydrogens is 353 g/mol. The van der Waals surface area contributed by atoms with Gasteiger partial charge in [-0.15, -0.1) is 0 Å². The van der Waals surface area contributed by atoms with Crippen molar-refractivity contribution in [3.05, 3.63) is 69.7 Å². The van der Waals surface area contributed by atoms with E-state index in [1.165, 1.54) is 4.90 Å². The van der Waals surface area contributed by atoms with Gasteiger partial charge in [0.1, 0.15) is 0 Å². The third-order valence-electron chi connectivity index (χ3n) is 3.63. The van der Waals surface area contributed by atoms with Crippen molar-refractivity contribution in [2.24, 2.45) is 0 Å². The number of benzene rings is 2. The SMILES string of the molecule is O=C1S[C@@H](Cc2ccc(Cl)cc2)C(=O)N1Cc1ccccc1Cl. The second-order valence-electron chi connectivity index (χ2n) is 5.22. The second-order valence-corrected chi connectivity index (χ2v) is 7.22. The molecule has 0 unspecified atom stereocenters. The van der Waals surface area contributed by atoms with E-state index in [2.05, 4.69) is 0 Å². The summed E-state index contributed by atoms with van der Waals surface area (Å²) in [6, 6.07) is 14.5. The summed E-state index contributed by atoms with van der Waals surface area (Å²) < 4.78 is 0. The molecule has 3 nitrogen and oxygen atoms in total. The Labute approximate surface area is 148 Å². The van der Waals surface area contributed by atoms with Crippen LogP contribution in [0.15, 0.2) is 48.5 Å². The summed E-state index contributed by atoms with van der Waals surface area (Å²) in [6.07, 6.45) is 0.505. The molecule has 2 amide bonds. The molecule has 118 valence electrons. The third-order valence-corrected chi connectivity index (χ3v) is 5.32. The minimum Gasteiger partial charge on any atom is -0.273 e. The summed E-state index contributed by atoms with van der Waals surface area (Å²) in [7, 11) is 0. The molecule has 3 rings (SSSR count). The fourth-order valence-electron chi connectivity index (χ4n) is 2.40. The molecular formula is C17H13Cl2NO2S. The van der Waals surface area contributed by atoms with E-state index < -0.39 is 5.25 Å². The minimum absolute atomic E-state index is 0.171. The highest BCUT2D eigenvalue weighted by atomic mass is 35.5. The Morgan fingerprint density at radius 2 is 1.70 bits per heavy atom. The van der Waals surface area contributed by atoms with Gasteiger partial charge in [-0.25, -0.2) is 0 Å². The number of thioether (sulfide) groups is 1. The average molecular weight is 366 g/mol. The van der Waals surface area contributed by atoms with Crippen LogP contribution in [0.5, 0.6) is 0 Å². The van der Waals surface area contributed by atoms with Gasteiger partial charge in [0.15, 0.2) is 0 Å². The van der Waals surface area contributed by atoms with E-state index in [1.54, 1.807) is 18.2 Å². The van der Waals surface area contributed by atoms with Gasteiger partial charge in [-0.2, -0.15) is 0 Å². The van der Waals surface area contributed by atoms with Crippen LogP contribution in [0.3, 0.4) is 0 Å². The molecule has 0 radical (unpaired) electrons. The molecule has 0 bridgehead atoms. The molecule has 0 saturated carbocycles. The van der Waals surface area contributed by atoms with Crippen molar-refractivity contribution in [3.8, 4) is 0 Å². The second kappa shape index (κ2) is 6.95. The number of carbonyl (C=O) groups excluding carboxylic acids is 2. The monoisotopic (exact) mass is 365 g/mol. The lowest BCUT2D eigenvalue weighted by Crippen LogP contribution is -2.31. The van der Waals surface area contributed by atoms with Crippen molar-refractivity contribution >= 4 is 46.1 Å². The van der Waals surface area contributed by atoms with Gasteiger partial charge in [0.05, 0.1) is 11.8 Å². The molecule has 23 heavy (non-hydrogen) atoms. The molecule has 1 aliphatic rings. The smallest absolute Gasteiger partial charge is 0.273 e. The fourth-order valence-corrected chi connectivity index (χ4v) is 3.75. The third kappa shape index (κ3) is 3.71. The van der Waals surface area contributed by atoms with Crippen molar-refractivity contribution in [3.63, 3.8) is 0 Å². The number of hydrogen-bond acceptors (Lipinski definition) is 3. The van der Waals surface area contributed by atoms with Gasteiger partial charge < -0.3 is 0 Å². The molecule has 0 aromatic heterocycles. The largest absolute Gasteiger partial charge is 0.289 e. The van der Waals surface area contributed by atoms with E-state index in [1.807, 2.05) is 30.3 Å². The summed E-state index contributed by atoms with van der Waals surface area (Å²) >= 11 is 13.0. The quantitative estimate of drug-likeness (QED) is 0.780. The number of carbonyl (C=O) groups is 2. The van der Waals surface area contributed by atoms with Crippen LogP contribution in [0, 0.1) is 0 Å². The van der Waals surface area contributed by atoms with Gasteiger partial charge in [-0.05, 0) is 35.7 Å². The average Bonchev–Trinajstić information content (AvgIpc) is 2.79. The molecule has 1 fully saturated rings. The van der Waals surface area contributed by atoms with Crippen LogP contribution in [0.25, 0.3) is 0 Å². The van der Waals surface area contributed by atoms with Crippen LogP contribution in [0.4, 0.5) is 4.79 Å². The lowest BCUT2D eigenvalue weighted by atomic mass is 10.1. The maximum Gasteiger partial charge on any atom is 0.289 e. The normalized spacial score (nSPS) is 17.8. The molecule has 1 saturated heterocycles. The first-order chi connectivity index (χ1) is 11.0. The van der Waals surface area contributed by atoms with Crippen molar-refractivity contribution in [2.45, 2.75) is 18.2 Å². The maximum absolute atomic E-state index is 12.5. The zero-order chi connectivity index (χ0) is 16.4. The number of rotatable bonds is 4. The number of amides is 2. The highest BCUT2D eigenvalue weighted by Crippen LogP contribution is 2.32. The number of imide groups is 1. The van der Waals surface area contributed by atoms with E-state index in [4.69, 9.17) is 23.2 Å². The Hall–Kier alpha value is -1.49. The van der Waals surface area contributed by atoms with Crippen LogP contribution in [-0.2, 0) is 17.8 Å². The molecule has 0 N–H and O–H groups in total. The van der Waals surface area contributed by atoms with E-state index in [0.29, 0.717) is 16.5 Å². The standard InChI is InChI=1S/C17H13Cl2NO2S/c18-13-7-5-11(6-8-13)9-15-16(21)20(17(22)23-15)10-12-3-1-2-4-14(12)19/h1-8,15H,9-10H2/t15-/m0/s1. The number of hydrogen-bond donors (Lipinski definition) is 0. The number of halogens is 2. The predicted molar refractivity (Wildman–Crippen MR) is 93.9 cm³/mol. The summed E-state index contributed by atoms with van der Waals surface area (Å²) in [5.41, 5.74) is 1.75. The fraction of sp³-hybridized carbons (Fsp3) is 0.176. The number of nitrogens with zero attached hydrogens (tertiary/aromatic N) is 1. The van der Waals surface area contributed by atoms with Crippen LogP contribution >= 0.6 is 35.0 Å². The first-order valence-electron chi connectivity index (χ1n) is 7.04. The van der Waals surface area contributed by atoms with Crippen LogP contribution in [0.2, 0.25) is 10.0 Å². The topological polar surface area (TPSA) is 37.4 Å². The van der Waals surface area contributed by atoms with Gasteiger partial charge in [0.25, 0.3) is 5.24 Å². The van der Waals surface area contributed by atoms with Crippen LogP contribution < -0.4 is 0 Å². The predicted octanol–water partition coefficient (Wildman–Crippen LogP) is 4.80. The summed E-state index contributed by atoms with van der Waals surface area (Å²) in [5, 5.41) is 0.579. The van der Waals surface area contributed by atoms with Gasteiger partial charge in [0.2, 0.25) is 5.91 Å². The minimum atomic E-state index is -0.397. The molecule has 0 spiro atoms. The van der Waals surface area contributed by atoms with Gasteiger partial charge in [-0.3, -0.25) is 14.5 Å². The van der Waals surface area contributed by atoms with Crippen LogP contribution in [-0.4, -0.2) is 21.3 Å². The van der Waals surface area contributed by atoms with Crippen LogP contribution in [0.1, 0.15) is 11.1 Å². The van der Waals surface area contributed by atoms with Crippen molar-refractivity contribution in [2.75, 3.05) is 0 Å². The zero-order valence-electron chi connectivity index (χ0n) is 12.0. The van der Waals surface area contributed by atoms with Crippen molar-refractivity contribution in [1.29, 1.82) is 0 Å². The summed E-state index contributed by atoms with van der Waals surface area (Å²) in [6.45, 7) is 0.210. The van der Waals surface area contributed by atoms with E-state index >= 15 is 0 Å². The maximum atomic E-state index is 12.5. The molecule has 6 heteroatoms. The Bertz CT molecular complexity index is 749. The van der Waals surface area contributed by atoms with E-state index in [-0.39, 0.29) is 17.7 Å². The van der Waals surface area contributed by atoms with E-state index in [0.717, 1.165) is 22.9 Å². The van der Waals surface area contributed by atoms with Gasteiger partial charge in [0, 0.05) is 10.0 Å². The summed E-state index contributed by atoms with van der Waals surface area (Å²) in [4.78, 5) is 25.9. The Morgan fingerprint density at radius 1 is 1.00 bits per heavy atom. The lowest BCUT2D eigenvalue weighted by molar-refractivity contribution is -0.127. The Morgan fingerprint density at radius 3 is 2.39 bits per heavy atom. The first-order valence-corrected chi connectivity index (χ1v) is 8.68. The van der Waals surface area contributed by atoms with Gasteiger partial charge >= 0.3 is 0 Å². The zero-order valence-corrected chi connectivity index (χ0v) is 14.4. The Kier molecular flexibility index (Phi) is 4.95. The molecule has 1 heterocycles. The first kappa shape index (κ1) is 16.4. The summed E-state index contributed by atoms with van der Waals surface area (Å²) in [5.74, 6) is -0.171. The molecule has 2 aromatic rings. The van der Waals surface area contributed by atoms with Gasteiger partial charge in [-0.1, -0.05) is 65.3 Å². The molecule has 1 atom stereocenters. The van der Waals surface area contributed by atoms with E-state index in [9.17, 15) is 9.59 Å². The lowest BCUT2D eigenvalue weighted by Gasteiger charge is -2.15. The molecule has 2 aromatic carbocycles. The molecule has 0 aliphatic carbocycles. The van der Waals surface area contributed by atoms with Crippen molar-refractivity contribution < 1.29 is 9.59 Å². The molecule has 1 aliphatic heterocycles. The Balaban J connectivity index is 1.72. The van der Waals surface area contributed by atoms with Crippen molar-refractivity contribution in [1.82, 2.24) is 4.90 Å². The highest BCUT2D eigenvalue weighted by molar-refractivity contribution is 8.15.